The molecule has 2 aromatic rings. The van der Waals surface area contributed by atoms with Crippen molar-refractivity contribution in [2.24, 2.45) is 0 Å². The van der Waals surface area contributed by atoms with E-state index in [0.717, 1.165) is 5.56 Å². The van der Waals surface area contributed by atoms with Crippen LogP contribution in [0.15, 0.2) is 48.8 Å². The fourth-order valence-electron chi connectivity index (χ4n) is 1.29. The van der Waals surface area contributed by atoms with Crippen molar-refractivity contribution < 1.29 is 8.78 Å². The fourth-order valence-corrected chi connectivity index (χ4v) is 1.29. The van der Waals surface area contributed by atoms with E-state index >= 15 is 0 Å². The van der Waals surface area contributed by atoms with Gasteiger partial charge in [0.15, 0.2) is 0 Å². The van der Waals surface area contributed by atoms with Gasteiger partial charge in [-0.3, -0.25) is 4.98 Å². The molecule has 0 aliphatic carbocycles. The Morgan fingerprint density at radius 3 is 2.24 bits per heavy atom. The first-order chi connectivity index (χ1) is 8.25. The van der Waals surface area contributed by atoms with Crippen LogP contribution in [-0.4, -0.2) is 4.98 Å². The van der Waals surface area contributed by atoms with Crippen LogP contribution in [0, 0.1) is 11.8 Å². The van der Waals surface area contributed by atoms with E-state index in [2.05, 4.69) is 16.8 Å². The average Bonchev–Trinajstić information content (AvgIpc) is 2.38. The minimum atomic E-state index is -2.43. The first kappa shape index (κ1) is 11.3. The molecule has 17 heavy (non-hydrogen) atoms. The molecule has 0 N–H and O–H groups in total. The molecule has 2 rings (SSSR count). The number of hydrogen-bond donors (Lipinski definition) is 0. The van der Waals surface area contributed by atoms with Crippen LogP contribution < -0.4 is 0 Å². The highest BCUT2D eigenvalue weighted by Gasteiger charge is 2.04. The lowest BCUT2D eigenvalue weighted by Crippen LogP contribution is -1.83. The Morgan fingerprint density at radius 2 is 1.65 bits per heavy atom. The second-order valence-corrected chi connectivity index (χ2v) is 3.41. The summed E-state index contributed by atoms with van der Waals surface area (Å²) in [6.07, 6.45) is 0.888. The molecule has 1 aromatic heterocycles. The zero-order valence-electron chi connectivity index (χ0n) is 8.90. The quantitative estimate of drug-likeness (QED) is 0.683. The summed E-state index contributed by atoms with van der Waals surface area (Å²) >= 11 is 0. The Kier molecular flexibility index (Phi) is 3.46. The predicted molar refractivity (Wildman–Crippen MR) is 61.6 cm³/mol. The lowest BCUT2D eigenvalue weighted by molar-refractivity contribution is 0.151. The molecule has 0 unspecified atom stereocenters. The average molecular weight is 229 g/mol. The molecular formula is C14H9F2N. The van der Waals surface area contributed by atoms with Crippen molar-refractivity contribution in [3.05, 3.63) is 65.5 Å². The van der Waals surface area contributed by atoms with Crippen molar-refractivity contribution in [1.82, 2.24) is 4.98 Å². The number of nitrogens with zero attached hydrogens (tertiary/aromatic N) is 1. The van der Waals surface area contributed by atoms with Crippen molar-refractivity contribution in [2.45, 2.75) is 6.43 Å². The SMILES string of the molecule is FC(F)c1ccc(C#Cc2cccnc2)cc1. The Labute approximate surface area is 98.1 Å². The molecule has 3 heteroatoms. The van der Waals surface area contributed by atoms with Gasteiger partial charge in [0.1, 0.15) is 0 Å². The van der Waals surface area contributed by atoms with Crippen molar-refractivity contribution in [1.29, 1.82) is 0 Å². The maximum Gasteiger partial charge on any atom is 0.263 e. The highest BCUT2D eigenvalue weighted by molar-refractivity contribution is 5.42. The third-order valence-corrected chi connectivity index (χ3v) is 2.18. The molecule has 0 spiro atoms. The summed E-state index contributed by atoms with van der Waals surface area (Å²) in [5.41, 5.74) is 1.51. The molecule has 0 atom stereocenters. The van der Waals surface area contributed by atoms with E-state index in [1.165, 1.54) is 12.1 Å². The highest BCUT2D eigenvalue weighted by Crippen LogP contribution is 2.18. The van der Waals surface area contributed by atoms with E-state index in [1.807, 2.05) is 6.07 Å². The number of rotatable bonds is 1. The number of hydrogen-bond acceptors (Lipinski definition) is 1. The minimum absolute atomic E-state index is 0.0110. The summed E-state index contributed by atoms with van der Waals surface area (Å²) < 4.78 is 24.6. The van der Waals surface area contributed by atoms with Crippen LogP contribution in [0.3, 0.4) is 0 Å². The number of halogens is 2. The van der Waals surface area contributed by atoms with E-state index in [-0.39, 0.29) is 5.56 Å². The van der Waals surface area contributed by atoms with Crippen LogP contribution in [0.5, 0.6) is 0 Å². The van der Waals surface area contributed by atoms with Crippen molar-refractivity contribution in [3.63, 3.8) is 0 Å². The summed E-state index contributed by atoms with van der Waals surface area (Å²) in [7, 11) is 0. The topological polar surface area (TPSA) is 12.9 Å². The predicted octanol–water partition coefficient (Wildman–Crippen LogP) is 3.42. The van der Waals surface area contributed by atoms with Gasteiger partial charge in [0.05, 0.1) is 0 Å². The molecule has 1 aromatic carbocycles. The molecule has 0 saturated heterocycles. The molecule has 1 heterocycles. The van der Waals surface area contributed by atoms with Crippen molar-refractivity contribution in [2.75, 3.05) is 0 Å². The third kappa shape index (κ3) is 3.12. The third-order valence-electron chi connectivity index (χ3n) is 2.18. The van der Waals surface area contributed by atoms with E-state index in [4.69, 9.17) is 0 Å². The lowest BCUT2D eigenvalue weighted by Gasteiger charge is -1.97. The van der Waals surface area contributed by atoms with Crippen LogP contribution in [0.1, 0.15) is 23.1 Å². The van der Waals surface area contributed by atoms with Gasteiger partial charge in [-0.15, -0.1) is 0 Å². The summed E-state index contributed by atoms with van der Waals surface area (Å²) in [4.78, 5) is 3.93. The summed E-state index contributed by atoms with van der Waals surface area (Å²) in [6.45, 7) is 0. The second kappa shape index (κ2) is 5.22. The Bertz CT molecular complexity index is 536. The van der Waals surface area contributed by atoms with Gasteiger partial charge in [-0.05, 0) is 24.3 Å². The number of alkyl halides is 2. The first-order valence-corrected chi connectivity index (χ1v) is 5.06. The van der Waals surface area contributed by atoms with Crippen molar-refractivity contribution in [3.8, 4) is 11.8 Å². The summed E-state index contributed by atoms with van der Waals surface area (Å²) in [5, 5.41) is 0. The van der Waals surface area contributed by atoms with Gasteiger partial charge in [-0.1, -0.05) is 24.0 Å². The maximum atomic E-state index is 12.3. The van der Waals surface area contributed by atoms with Crippen molar-refractivity contribution >= 4 is 0 Å². The largest absolute Gasteiger partial charge is 0.263 e. The molecule has 84 valence electrons. The van der Waals surface area contributed by atoms with Gasteiger partial charge < -0.3 is 0 Å². The molecule has 0 amide bonds. The molecule has 0 bridgehead atoms. The molecule has 0 saturated carbocycles. The van der Waals surface area contributed by atoms with Gasteiger partial charge >= 0.3 is 0 Å². The summed E-state index contributed by atoms with van der Waals surface area (Å²) in [5.74, 6) is 5.80. The fraction of sp³-hybridized carbons (Fsp3) is 0.0714. The number of benzene rings is 1. The molecule has 0 fully saturated rings. The number of pyridine rings is 1. The number of aromatic nitrogens is 1. The zero-order valence-corrected chi connectivity index (χ0v) is 8.90. The van der Waals surface area contributed by atoms with Gasteiger partial charge in [-0.2, -0.15) is 0 Å². The summed E-state index contributed by atoms with van der Waals surface area (Å²) in [6, 6.07) is 9.59. The van der Waals surface area contributed by atoms with E-state index in [9.17, 15) is 8.78 Å². The van der Waals surface area contributed by atoms with Gasteiger partial charge in [-0.25, -0.2) is 8.78 Å². The van der Waals surface area contributed by atoms with E-state index in [0.29, 0.717) is 5.56 Å². The van der Waals surface area contributed by atoms with E-state index in [1.54, 1.807) is 30.6 Å². The van der Waals surface area contributed by atoms with Crippen LogP contribution in [0.4, 0.5) is 8.78 Å². The van der Waals surface area contributed by atoms with E-state index < -0.39 is 6.43 Å². The first-order valence-electron chi connectivity index (χ1n) is 5.06. The zero-order chi connectivity index (χ0) is 12.1. The van der Waals surface area contributed by atoms with Gasteiger partial charge in [0, 0.05) is 29.1 Å². The Hall–Kier alpha value is -2.21. The van der Waals surface area contributed by atoms with Crippen LogP contribution >= 0.6 is 0 Å². The van der Waals surface area contributed by atoms with Gasteiger partial charge in [0.2, 0.25) is 0 Å². The van der Waals surface area contributed by atoms with Gasteiger partial charge in [0.25, 0.3) is 6.43 Å². The van der Waals surface area contributed by atoms with Crippen LogP contribution in [-0.2, 0) is 0 Å². The highest BCUT2D eigenvalue weighted by atomic mass is 19.3. The molecule has 1 nitrogen and oxygen atoms in total. The standard InChI is InChI=1S/C14H9F2N/c15-14(16)13-7-5-11(6-8-13)3-4-12-2-1-9-17-10-12/h1-2,5-10,14H. The smallest absolute Gasteiger partial charge is 0.263 e. The molecule has 0 aliphatic heterocycles. The second-order valence-electron chi connectivity index (χ2n) is 3.41. The maximum absolute atomic E-state index is 12.3. The monoisotopic (exact) mass is 229 g/mol. The van der Waals surface area contributed by atoms with Crippen LogP contribution in [0.25, 0.3) is 0 Å². The minimum Gasteiger partial charge on any atom is -0.263 e. The Morgan fingerprint density at radius 1 is 0.941 bits per heavy atom. The normalized spacial score (nSPS) is 9.82. The lowest BCUT2D eigenvalue weighted by atomic mass is 10.1. The molecule has 0 aliphatic rings. The molecule has 0 radical (unpaired) electrons. The molecular weight excluding hydrogens is 220 g/mol. The van der Waals surface area contributed by atoms with Crippen LogP contribution in [0.2, 0.25) is 0 Å². The Balaban J connectivity index is 2.17.